The van der Waals surface area contributed by atoms with Gasteiger partial charge in [0.15, 0.2) is 5.96 Å². The normalized spacial score (nSPS) is 15.4. The molecule has 1 aliphatic rings. The molecule has 0 aliphatic carbocycles. The number of anilines is 1. The van der Waals surface area contributed by atoms with Crippen molar-refractivity contribution in [3.8, 4) is 5.75 Å². The quantitative estimate of drug-likeness (QED) is 0.623. The molecule has 7 nitrogen and oxygen atoms in total. The van der Waals surface area contributed by atoms with Crippen LogP contribution < -0.4 is 10.2 Å². The number of nitrogens with zero attached hydrogens (tertiary/aromatic N) is 4. The van der Waals surface area contributed by atoms with Crippen molar-refractivity contribution >= 4 is 17.6 Å². The largest absolute Gasteiger partial charge is 0.506 e. The molecule has 7 heteroatoms. The van der Waals surface area contributed by atoms with Gasteiger partial charge in [-0.1, -0.05) is 12.1 Å². The van der Waals surface area contributed by atoms with Gasteiger partial charge in [-0.2, -0.15) is 0 Å². The second-order valence-electron chi connectivity index (χ2n) is 5.97. The summed E-state index contributed by atoms with van der Waals surface area (Å²) in [5.41, 5.74) is 0.872. The van der Waals surface area contributed by atoms with E-state index in [1.54, 1.807) is 32.1 Å². The lowest BCUT2D eigenvalue weighted by Crippen LogP contribution is -2.52. The van der Waals surface area contributed by atoms with E-state index in [9.17, 15) is 9.90 Å². The van der Waals surface area contributed by atoms with Gasteiger partial charge in [-0.15, -0.1) is 0 Å². The van der Waals surface area contributed by atoms with Crippen LogP contribution in [0.1, 0.15) is 6.42 Å². The molecule has 1 aliphatic heterocycles. The molecule has 2 rings (SSSR count). The lowest BCUT2D eigenvalue weighted by atomic mass is 10.2. The average Bonchev–Trinajstić information content (AvgIpc) is 2.59. The first-order chi connectivity index (χ1) is 11.5. The maximum absolute atomic E-state index is 11.6. The molecule has 1 amide bonds. The maximum Gasteiger partial charge on any atom is 0.223 e. The Morgan fingerprint density at radius 1 is 1.25 bits per heavy atom. The first-order valence-electron chi connectivity index (χ1n) is 8.21. The zero-order chi connectivity index (χ0) is 17.5. The number of para-hydroxylation sites is 2. The number of carbonyl (C=O) groups excluding carboxylic acids is 1. The maximum atomic E-state index is 11.6. The molecule has 0 aromatic heterocycles. The molecule has 0 saturated carbocycles. The number of rotatable bonds is 4. The minimum absolute atomic E-state index is 0.0994. The third-order valence-electron chi connectivity index (χ3n) is 4.13. The third-order valence-corrected chi connectivity index (χ3v) is 4.13. The van der Waals surface area contributed by atoms with Gasteiger partial charge in [-0.25, -0.2) is 0 Å². The molecule has 2 N–H and O–H groups in total. The van der Waals surface area contributed by atoms with Crippen LogP contribution in [0.2, 0.25) is 0 Å². The molecular formula is C17H27N5O2. The number of phenolic OH excluding ortho intramolecular Hbond substituents is 1. The van der Waals surface area contributed by atoms with E-state index in [1.807, 2.05) is 18.2 Å². The van der Waals surface area contributed by atoms with Gasteiger partial charge in [0, 0.05) is 60.3 Å². The van der Waals surface area contributed by atoms with Gasteiger partial charge in [0.2, 0.25) is 5.91 Å². The van der Waals surface area contributed by atoms with Crippen LogP contribution in [-0.2, 0) is 4.79 Å². The number of benzene rings is 1. The molecule has 0 atom stereocenters. The van der Waals surface area contributed by atoms with Gasteiger partial charge in [-0.05, 0) is 12.1 Å². The van der Waals surface area contributed by atoms with E-state index < -0.39 is 0 Å². The Kier molecular flexibility index (Phi) is 6.28. The number of hydrogen-bond acceptors (Lipinski definition) is 4. The van der Waals surface area contributed by atoms with Crippen molar-refractivity contribution in [2.45, 2.75) is 6.42 Å². The Hall–Kier alpha value is -2.44. The monoisotopic (exact) mass is 333 g/mol. The summed E-state index contributed by atoms with van der Waals surface area (Å²) in [5.74, 6) is 1.23. The number of nitrogens with one attached hydrogen (secondary N) is 1. The van der Waals surface area contributed by atoms with Gasteiger partial charge in [0.05, 0.1) is 5.69 Å². The zero-order valence-electron chi connectivity index (χ0n) is 14.7. The van der Waals surface area contributed by atoms with E-state index >= 15 is 0 Å². The van der Waals surface area contributed by atoms with E-state index in [4.69, 9.17) is 0 Å². The fraction of sp³-hybridized carbons (Fsp3) is 0.529. The highest BCUT2D eigenvalue weighted by molar-refractivity contribution is 5.81. The topological polar surface area (TPSA) is 71.4 Å². The number of amides is 1. The predicted octanol–water partition coefficient (Wildman–Crippen LogP) is 0.568. The molecule has 24 heavy (non-hydrogen) atoms. The first kappa shape index (κ1) is 17.9. The number of aliphatic imine (C=N–C) groups is 1. The molecule has 0 bridgehead atoms. The minimum Gasteiger partial charge on any atom is -0.506 e. The van der Waals surface area contributed by atoms with Crippen molar-refractivity contribution in [3.05, 3.63) is 24.3 Å². The molecule has 0 unspecified atom stereocenters. The lowest BCUT2D eigenvalue weighted by molar-refractivity contribution is -0.128. The number of hydrogen-bond donors (Lipinski definition) is 2. The van der Waals surface area contributed by atoms with Gasteiger partial charge in [-0.3, -0.25) is 9.79 Å². The number of aromatic hydroxyl groups is 1. The highest BCUT2D eigenvalue weighted by atomic mass is 16.3. The Balaban J connectivity index is 1.84. The smallest absolute Gasteiger partial charge is 0.223 e. The molecule has 132 valence electrons. The number of piperazine rings is 1. The van der Waals surface area contributed by atoms with Gasteiger partial charge in [0.1, 0.15) is 5.75 Å². The van der Waals surface area contributed by atoms with Crippen molar-refractivity contribution in [1.29, 1.82) is 0 Å². The highest BCUT2D eigenvalue weighted by Crippen LogP contribution is 2.27. The third kappa shape index (κ3) is 4.53. The number of guanidine groups is 1. The molecule has 1 aromatic rings. The highest BCUT2D eigenvalue weighted by Gasteiger charge is 2.21. The second-order valence-corrected chi connectivity index (χ2v) is 5.97. The molecule has 1 fully saturated rings. The van der Waals surface area contributed by atoms with Crippen molar-refractivity contribution in [1.82, 2.24) is 15.1 Å². The van der Waals surface area contributed by atoms with E-state index in [-0.39, 0.29) is 5.91 Å². The van der Waals surface area contributed by atoms with Crippen molar-refractivity contribution in [3.63, 3.8) is 0 Å². The summed E-state index contributed by atoms with van der Waals surface area (Å²) in [6.45, 7) is 3.83. The van der Waals surface area contributed by atoms with Gasteiger partial charge in [0.25, 0.3) is 0 Å². The van der Waals surface area contributed by atoms with Gasteiger partial charge < -0.3 is 25.1 Å². The molecule has 0 radical (unpaired) electrons. The van der Waals surface area contributed by atoms with E-state index in [2.05, 4.69) is 20.1 Å². The van der Waals surface area contributed by atoms with Crippen LogP contribution in [0.4, 0.5) is 5.69 Å². The van der Waals surface area contributed by atoms with Crippen molar-refractivity contribution in [2.75, 3.05) is 58.8 Å². The lowest BCUT2D eigenvalue weighted by Gasteiger charge is -2.37. The van der Waals surface area contributed by atoms with Gasteiger partial charge >= 0.3 is 0 Å². The Labute approximate surface area is 143 Å². The molecule has 0 spiro atoms. The minimum atomic E-state index is 0.0994. The summed E-state index contributed by atoms with van der Waals surface area (Å²) in [6.07, 6.45) is 0.448. The zero-order valence-corrected chi connectivity index (χ0v) is 14.7. The summed E-state index contributed by atoms with van der Waals surface area (Å²) in [7, 11) is 5.27. The average molecular weight is 333 g/mol. The van der Waals surface area contributed by atoms with E-state index in [0.717, 1.165) is 37.8 Å². The van der Waals surface area contributed by atoms with Crippen LogP contribution in [0.3, 0.4) is 0 Å². The van der Waals surface area contributed by atoms with Crippen LogP contribution in [0.15, 0.2) is 29.3 Å². The van der Waals surface area contributed by atoms with Crippen molar-refractivity contribution in [2.24, 2.45) is 4.99 Å². The SMILES string of the molecule is CN=C(NCCC(=O)N(C)C)N1CCN(c2ccccc2O)CC1. The summed E-state index contributed by atoms with van der Waals surface area (Å²) in [5, 5.41) is 13.2. The van der Waals surface area contributed by atoms with Crippen molar-refractivity contribution < 1.29 is 9.90 Å². The summed E-state index contributed by atoms with van der Waals surface area (Å²) in [4.78, 5) is 21.9. The van der Waals surface area contributed by atoms with E-state index in [1.165, 1.54) is 0 Å². The Morgan fingerprint density at radius 2 is 1.92 bits per heavy atom. The summed E-state index contributed by atoms with van der Waals surface area (Å²) >= 11 is 0. The molecule has 1 heterocycles. The molecule has 1 saturated heterocycles. The molecular weight excluding hydrogens is 306 g/mol. The predicted molar refractivity (Wildman–Crippen MR) is 96.6 cm³/mol. The van der Waals surface area contributed by atoms with Crippen LogP contribution >= 0.6 is 0 Å². The standard InChI is InChI=1S/C17H27N5O2/c1-18-17(19-9-8-16(24)20(2)3)22-12-10-21(11-13-22)14-6-4-5-7-15(14)23/h4-7,23H,8-13H2,1-3H3,(H,18,19). The number of carbonyl (C=O) groups is 1. The van der Waals surface area contributed by atoms with Crippen LogP contribution in [0.5, 0.6) is 5.75 Å². The van der Waals surface area contributed by atoms with E-state index in [0.29, 0.717) is 18.7 Å². The molecule has 1 aromatic carbocycles. The first-order valence-corrected chi connectivity index (χ1v) is 8.21. The summed E-state index contributed by atoms with van der Waals surface area (Å²) < 4.78 is 0. The van der Waals surface area contributed by atoms with Crippen LogP contribution in [0, 0.1) is 0 Å². The Bertz CT molecular complexity index is 580. The van der Waals surface area contributed by atoms with Crippen LogP contribution in [-0.4, -0.2) is 80.6 Å². The fourth-order valence-electron chi connectivity index (χ4n) is 2.73. The number of phenols is 1. The second kappa shape index (κ2) is 8.42. The Morgan fingerprint density at radius 3 is 2.50 bits per heavy atom. The van der Waals surface area contributed by atoms with Crippen LogP contribution in [0.25, 0.3) is 0 Å². The summed E-state index contributed by atoms with van der Waals surface area (Å²) in [6, 6.07) is 7.41. The fourth-order valence-corrected chi connectivity index (χ4v) is 2.73.